The van der Waals surface area contributed by atoms with Crippen LogP contribution in [0.1, 0.15) is 11.6 Å². The number of carbonyl (C=O) groups excluding carboxylic acids is 1. The zero-order valence-corrected chi connectivity index (χ0v) is 9.18. The lowest BCUT2D eigenvalue weighted by molar-refractivity contribution is -0.120. The molecule has 4 nitrogen and oxygen atoms in total. The number of benzene rings is 1. The summed E-state index contributed by atoms with van der Waals surface area (Å²) in [5.74, 6) is -0.570. The fourth-order valence-corrected chi connectivity index (χ4v) is 1.81. The van der Waals surface area contributed by atoms with Crippen LogP contribution in [0.4, 0.5) is 4.39 Å². The molecule has 16 heavy (non-hydrogen) atoms. The van der Waals surface area contributed by atoms with E-state index in [4.69, 9.17) is 11.6 Å². The van der Waals surface area contributed by atoms with Gasteiger partial charge in [0.2, 0.25) is 0 Å². The minimum atomic E-state index is -0.826. The Morgan fingerprint density at radius 1 is 1.50 bits per heavy atom. The molecule has 0 aromatic heterocycles. The molecule has 1 heterocycles. The van der Waals surface area contributed by atoms with Crippen LogP contribution in [0.25, 0.3) is 0 Å². The molecule has 6 heteroatoms. The molecule has 1 aromatic rings. The van der Waals surface area contributed by atoms with Crippen LogP contribution in [-0.4, -0.2) is 18.9 Å². The molecule has 2 rings (SSSR count). The van der Waals surface area contributed by atoms with E-state index in [9.17, 15) is 9.18 Å². The third-order valence-corrected chi connectivity index (χ3v) is 2.63. The van der Waals surface area contributed by atoms with Crippen LogP contribution >= 0.6 is 11.6 Å². The van der Waals surface area contributed by atoms with Crippen LogP contribution in [0.3, 0.4) is 0 Å². The highest BCUT2D eigenvalue weighted by molar-refractivity contribution is 6.31. The van der Waals surface area contributed by atoms with Crippen molar-refractivity contribution in [2.75, 3.05) is 7.05 Å². The molecule has 1 atom stereocenters. The first-order valence-corrected chi connectivity index (χ1v) is 4.99. The molecule has 1 fully saturated rings. The number of nitrogens with one attached hydrogen (secondary N) is 2. The summed E-state index contributed by atoms with van der Waals surface area (Å²) in [7, 11) is 1.52. The van der Waals surface area contributed by atoms with Gasteiger partial charge < -0.3 is 5.32 Å². The third kappa shape index (κ3) is 1.74. The van der Waals surface area contributed by atoms with Crippen molar-refractivity contribution >= 4 is 23.5 Å². The highest BCUT2D eigenvalue weighted by atomic mass is 35.5. The Bertz CT molecular complexity index is 455. The molecule has 1 aromatic carbocycles. The first kappa shape index (κ1) is 10.9. The molecule has 0 spiro atoms. The van der Waals surface area contributed by atoms with Gasteiger partial charge in [-0.15, -0.1) is 0 Å². The number of guanidine groups is 1. The number of aliphatic imine (C=N–C) groups is 1. The predicted molar refractivity (Wildman–Crippen MR) is 58.8 cm³/mol. The quantitative estimate of drug-likeness (QED) is 0.777. The fourth-order valence-electron chi connectivity index (χ4n) is 1.54. The Kier molecular flexibility index (Phi) is 2.78. The van der Waals surface area contributed by atoms with Crippen molar-refractivity contribution in [3.8, 4) is 0 Å². The summed E-state index contributed by atoms with van der Waals surface area (Å²) in [5.41, 5.74) is 0.139. The van der Waals surface area contributed by atoms with E-state index in [2.05, 4.69) is 15.6 Å². The van der Waals surface area contributed by atoms with E-state index in [1.165, 1.54) is 25.2 Å². The minimum absolute atomic E-state index is 0.139. The maximum Gasteiger partial charge on any atom is 0.254 e. The number of hydrogen-bond acceptors (Lipinski definition) is 2. The number of nitrogens with zero attached hydrogens (tertiary/aromatic N) is 1. The summed E-state index contributed by atoms with van der Waals surface area (Å²) in [5, 5.41) is 5.45. The molecule has 0 saturated carbocycles. The highest BCUT2D eigenvalue weighted by Crippen LogP contribution is 2.27. The SMILES string of the molecule is CN=C1NC(=O)C(c2c(F)cccc2Cl)N1. The third-order valence-electron chi connectivity index (χ3n) is 2.30. The van der Waals surface area contributed by atoms with Crippen molar-refractivity contribution in [2.24, 2.45) is 4.99 Å². The summed E-state index contributed by atoms with van der Waals surface area (Å²) >= 11 is 5.87. The van der Waals surface area contributed by atoms with E-state index in [0.29, 0.717) is 5.96 Å². The number of hydrogen-bond donors (Lipinski definition) is 2. The molecular weight excluding hydrogens is 233 g/mol. The first-order chi connectivity index (χ1) is 7.63. The molecule has 0 radical (unpaired) electrons. The van der Waals surface area contributed by atoms with Gasteiger partial charge in [-0.3, -0.25) is 15.1 Å². The Labute approximate surface area is 96.5 Å². The van der Waals surface area contributed by atoms with Crippen molar-refractivity contribution in [1.29, 1.82) is 0 Å². The van der Waals surface area contributed by atoms with Crippen molar-refractivity contribution in [3.05, 3.63) is 34.6 Å². The second-order valence-electron chi connectivity index (χ2n) is 3.27. The van der Waals surface area contributed by atoms with E-state index in [1.807, 2.05) is 0 Å². The summed E-state index contributed by atoms with van der Waals surface area (Å²) in [6.07, 6.45) is 0. The van der Waals surface area contributed by atoms with Gasteiger partial charge in [0.25, 0.3) is 5.91 Å². The Morgan fingerprint density at radius 2 is 2.25 bits per heavy atom. The van der Waals surface area contributed by atoms with Gasteiger partial charge in [0.05, 0.1) is 0 Å². The van der Waals surface area contributed by atoms with Gasteiger partial charge in [-0.2, -0.15) is 0 Å². The zero-order chi connectivity index (χ0) is 11.7. The van der Waals surface area contributed by atoms with Gasteiger partial charge in [-0.1, -0.05) is 17.7 Å². The highest BCUT2D eigenvalue weighted by Gasteiger charge is 2.32. The minimum Gasteiger partial charge on any atom is -0.340 e. The molecule has 0 bridgehead atoms. The van der Waals surface area contributed by atoms with Crippen molar-refractivity contribution < 1.29 is 9.18 Å². The summed E-state index contributed by atoms with van der Waals surface area (Å²) in [6.45, 7) is 0. The van der Waals surface area contributed by atoms with Crippen LogP contribution in [0.5, 0.6) is 0 Å². The van der Waals surface area contributed by atoms with Crippen LogP contribution in [0, 0.1) is 5.82 Å². The van der Waals surface area contributed by atoms with Crippen LogP contribution in [0.15, 0.2) is 23.2 Å². The molecular formula is C10H9ClFN3O. The monoisotopic (exact) mass is 241 g/mol. The van der Waals surface area contributed by atoms with E-state index in [0.717, 1.165) is 0 Å². The second-order valence-corrected chi connectivity index (χ2v) is 3.68. The van der Waals surface area contributed by atoms with Gasteiger partial charge in [0.15, 0.2) is 5.96 Å². The molecule has 2 N–H and O–H groups in total. The van der Waals surface area contributed by atoms with Crippen LogP contribution in [0.2, 0.25) is 5.02 Å². The van der Waals surface area contributed by atoms with Crippen molar-refractivity contribution in [3.63, 3.8) is 0 Å². The maximum atomic E-state index is 13.6. The number of amides is 1. The molecule has 1 unspecified atom stereocenters. The van der Waals surface area contributed by atoms with Gasteiger partial charge in [0, 0.05) is 17.6 Å². The lowest BCUT2D eigenvalue weighted by atomic mass is 10.1. The van der Waals surface area contributed by atoms with Crippen molar-refractivity contribution in [1.82, 2.24) is 10.6 Å². The summed E-state index contributed by atoms with van der Waals surface area (Å²) < 4.78 is 13.6. The van der Waals surface area contributed by atoms with Crippen LogP contribution < -0.4 is 10.6 Å². The number of halogens is 2. The van der Waals surface area contributed by atoms with E-state index in [1.54, 1.807) is 0 Å². The topological polar surface area (TPSA) is 53.5 Å². The predicted octanol–water partition coefficient (Wildman–Crippen LogP) is 1.23. The van der Waals surface area contributed by atoms with Gasteiger partial charge >= 0.3 is 0 Å². The van der Waals surface area contributed by atoms with Gasteiger partial charge in [-0.05, 0) is 12.1 Å². The number of rotatable bonds is 1. The molecule has 0 aliphatic carbocycles. The average Bonchev–Trinajstić information content (AvgIpc) is 2.60. The van der Waals surface area contributed by atoms with Crippen LogP contribution in [-0.2, 0) is 4.79 Å². The Balaban J connectivity index is 2.42. The first-order valence-electron chi connectivity index (χ1n) is 4.61. The normalized spacial score (nSPS) is 22.1. The summed E-state index contributed by atoms with van der Waals surface area (Å²) in [6, 6.07) is 3.46. The Hall–Kier alpha value is -1.62. The number of carbonyl (C=O) groups is 1. The van der Waals surface area contributed by atoms with E-state index >= 15 is 0 Å². The molecule has 1 saturated heterocycles. The second kappa shape index (κ2) is 4.09. The Morgan fingerprint density at radius 3 is 2.81 bits per heavy atom. The lowest BCUT2D eigenvalue weighted by Crippen LogP contribution is -2.24. The lowest BCUT2D eigenvalue weighted by Gasteiger charge is -2.10. The van der Waals surface area contributed by atoms with Gasteiger partial charge in [0.1, 0.15) is 11.9 Å². The summed E-state index contributed by atoms with van der Waals surface area (Å²) in [4.78, 5) is 15.3. The van der Waals surface area contributed by atoms with Gasteiger partial charge in [-0.25, -0.2) is 4.39 Å². The van der Waals surface area contributed by atoms with E-state index < -0.39 is 11.9 Å². The van der Waals surface area contributed by atoms with Crippen molar-refractivity contribution in [2.45, 2.75) is 6.04 Å². The molecule has 84 valence electrons. The zero-order valence-electron chi connectivity index (χ0n) is 8.42. The molecule has 1 aliphatic heterocycles. The maximum absolute atomic E-state index is 13.6. The molecule has 1 aliphatic rings. The van der Waals surface area contributed by atoms with E-state index in [-0.39, 0.29) is 16.5 Å². The average molecular weight is 242 g/mol. The fraction of sp³-hybridized carbons (Fsp3) is 0.200. The molecule has 1 amide bonds. The largest absolute Gasteiger partial charge is 0.340 e. The smallest absolute Gasteiger partial charge is 0.254 e. The standard InChI is InChI=1S/C10H9ClFN3O/c1-13-10-14-8(9(16)15-10)7-5(11)3-2-4-6(7)12/h2-4,8H,1H3,(H2,13,14,15,16).